The molecule has 0 unspecified atom stereocenters. The zero-order chi connectivity index (χ0) is 21.1. The molecule has 0 bridgehead atoms. The summed E-state index contributed by atoms with van der Waals surface area (Å²) in [4.78, 5) is 16.3. The molecule has 1 N–H and O–H groups in total. The molecule has 2 aromatic rings. The van der Waals surface area contributed by atoms with Gasteiger partial charge in [-0.25, -0.2) is 13.4 Å². The number of rotatable bonds is 6. The standard InChI is InChI=1S/C17H18F3N3O4S2/c18-17(19,20)13-3-1-2-12(10-13)16-22-14(11-28-16)15(24)21-4-9-29(25,26)23-5-7-27-8-6-23/h1-3,10-11H,4-9H2,(H,21,24). The number of benzene rings is 1. The normalized spacial score (nSPS) is 16.0. The van der Waals surface area contributed by atoms with Crippen LogP contribution in [0.4, 0.5) is 13.2 Å². The van der Waals surface area contributed by atoms with Crippen LogP contribution in [0.5, 0.6) is 0 Å². The van der Waals surface area contributed by atoms with Crippen LogP contribution in [0.2, 0.25) is 0 Å². The maximum absolute atomic E-state index is 12.8. The number of alkyl halides is 3. The van der Waals surface area contributed by atoms with Gasteiger partial charge in [-0.15, -0.1) is 11.3 Å². The van der Waals surface area contributed by atoms with Crippen molar-refractivity contribution in [2.75, 3.05) is 38.6 Å². The van der Waals surface area contributed by atoms with E-state index in [1.807, 2.05) is 0 Å². The number of hydrogen-bond donors (Lipinski definition) is 1. The molecule has 1 amide bonds. The van der Waals surface area contributed by atoms with Crippen molar-refractivity contribution in [3.05, 3.63) is 40.9 Å². The zero-order valence-electron chi connectivity index (χ0n) is 15.1. The van der Waals surface area contributed by atoms with E-state index in [1.165, 1.54) is 21.8 Å². The van der Waals surface area contributed by atoms with Crippen molar-refractivity contribution >= 4 is 27.3 Å². The monoisotopic (exact) mass is 449 g/mol. The smallest absolute Gasteiger partial charge is 0.379 e. The second-order valence-electron chi connectivity index (χ2n) is 6.20. The largest absolute Gasteiger partial charge is 0.416 e. The summed E-state index contributed by atoms with van der Waals surface area (Å²) < 4.78 is 69.4. The maximum Gasteiger partial charge on any atom is 0.416 e. The molecule has 29 heavy (non-hydrogen) atoms. The molecule has 158 valence electrons. The van der Waals surface area contributed by atoms with Crippen LogP contribution >= 0.6 is 11.3 Å². The van der Waals surface area contributed by atoms with Gasteiger partial charge in [-0.3, -0.25) is 4.79 Å². The third-order valence-electron chi connectivity index (χ3n) is 4.18. The van der Waals surface area contributed by atoms with E-state index in [0.717, 1.165) is 23.5 Å². The maximum atomic E-state index is 12.8. The van der Waals surface area contributed by atoms with Crippen molar-refractivity contribution in [1.82, 2.24) is 14.6 Å². The minimum atomic E-state index is -4.47. The highest BCUT2D eigenvalue weighted by Crippen LogP contribution is 2.33. The molecule has 0 spiro atoms. The van der Waals surface area contributed by atoms with Gasteiger partial charge in [0.15, 0.2) is 0 Å². The van der Waals surface area contributed by atoms with E-state index in [4.69, 9.17) is 4.74 Å². The third kappa shape index (κ3) is 5.53. The lowest BCUT2D eigenvalue weighted by Gasteiger charge is -2.25. The van der Waals surface area contributed by atoms with Crippen molar-refractivity contribution in [1.29, 1.82) is 0 Å². The Morgan fingerprint density at radius 3 is 2.69 bits per heavy atom. The molecule has 0 radical (unpaired) electrons. The van der Waals surface area contributed by atoms with Crippen molar-refractivity contribution in [3.8, 4) is 10.6 Å². The Morgan fingerprint density at radius 2 is 2.00 bits per heavy atom. The highest BCUT2D eigenvalue weighted by molar-refractivity contribution is 7.89. The van der Waals surface area contributed by atoms with Gasteiger partial charge in [0, 0.05) is 30.6 Å². The molecule has 1 aromatic heterocycles. The van der Waals surface area contributed by atoms with E-state index in [0.29, 0.717) is 13.2 Å². The molecule has 1 aliphatic rings. The first kappa shape index (κ1) is 21.7. The number of amides is 1. The number of thiazole rings is 1. The molecule has 1 fully saturated rings. The fourth-order valence-corrected chi connectivity index (χ4v) is 4.80. The van der Waals surface area contributed by atoms with Gasteiger partial charge in [0.2, 0.25) is 10.0 Å². The highest BCUT2D eigenvalue weighted by Gasteiger charge is 2.30. The topological polar surface area (TPSA) is 88.6 Å². The molecule has 1 aliphatic heterocycles. The number of hydrogen-bond acceptors (Lipinski definition) is 6. The van der Waals surface area contributed by atoms with E-state index in [2.05, 4.69) is 10.3 Å². The summed E-state index contributed by atoms with van der Waals surface area (Å²) in [7, 11) is -3.50. The number of carbonyl (C=O) groups excluding carboxylic acids is 1. The molecule has 1 saturated heterocycles. The first-order valence-corrected chi connectivity index (χ1v) is 11.1. The summed E-state index contributed by atoms with van der Waals surface area (Å²) in [5.74, 6) is -0.847. The number of nitrogens with one attached hydrogen (secondary N) is 1. The molecule has 3 rings (SSSR count). The Morgan fingerprint density at radius 1 is 1.28 bits per heavy atom. The van der Waals surface area contributed by atoms with Crippen LogP contribution in [0.3, 0.4) is 0 Å². The number of halogens is 3. The Kier molecular flexibility index (Phi) is 6.56. The summed E-state index contributed by atoms with van der Waals surface area (Å²) in [6.07, 6.45) is -4.47. The van der Waals surface area contributed by atoms with E-state index in [-0.39, 0.29) is 41.7 Å². The Balaban J connectivity index is 1.60. The lowest BCUT2D eigenvalue weighted by atomic mass is 10.1. The number of sulfonamides is 1. The van der Waals surface area contributed by atoms with Crippen LogP contribution in [-0.4, -0.2) is 62.2 Å². The molecule has 2 heterocycles. The van der Waals surface area contributed by atoms with Crippen LogP contribution < -0.4 is 5.32 Å². The van der Waals surface area contributed by atoms with E-state index in [9.17, 15) is 26.4 Å². The second-order valence-corrected chi connectivity index (χ2v) is 9.15. The van der Waals surface area contributed by atoms with Crippen molar-refractivity contribution in [2.24, 2.45) is 0 Å². The zero-order valence-corrected chi connectivity index (χ0v) is 16.7. The average Bonchev–Trinajstić information content (AvgIpc) is 3.18. The molecule has 1 aromatic carbocycles. The molecule has 0 atom stereocenters. The van der Waals surface area contributed by atoms with Crippen LogP contribution in [0.1, 0.15) is 16.1 Å². The molecular weight excluding hydrogens is 431 g/mol. The van der Waals surface area contributed by atoms with Gasteiger partial charge in [0.25, 0.3) is 5.91 Å². The number of nitrogens with zero attached hydrogens (tertiary/aromatic N) is 2. The number of aromatic nitrogens is 1. The summed E-state index contributed by atoms with van der Waals surface area (Å²) in [5.41, 5.74) is -0.533. The molecule has 0 aliphatic carbocycles. The van der Waals surface area contributed by atoms with Gasteiger partial charge in [0.05, 0.1) is 24.5 Å². The molecular formula is C17H18F3N3O4S2. The van der Waals surface area contributed by atoms with Crippen LogP contribution in [0.25, 0.3) is 10.6 Å². The fraction of sp³-hybridized carbons (Fsp3) is 0.412. The number of carbonyl (C=O) groups is 1. The SMILES string of the molecule is O=C(NCCS(=O)(=O)N1CCOCC1)c1csc(-c2cccc(C(F)(F)F)c2)n1. The van der Waals surface area contributed by atoms with Gasteiger partial charge in [-0.1, -0.05) is 12.1 Å². The summed E-state index contributed by atoms with van der Waals surface area (Å²) in [6.45, 7) is 1.13. The van der Waals surface area contributed by atoms with Crippen molar-refractivity contribution < 1.29 is 31.1 Å². The van der Waals surface area contributed by atoms with E-state index >= 15 is 0 Å². The first-order valence-electron chi connectivity index (χ1n) is 8.64. The van der Waals surface area contributed by atoms with Gasteiger partial charge in [0.1, 0.15) is 10.7 Å². The second kappa shape index (κ2) is 8.78. The van der Waals surface area contributed by atoms with Gasteiger partial charge in [-0.05, 0) is 12.1 Å². The Bertz CT molecular complexity index is 970. The van der Waals surface area contributed by atoms with Gasteiger partial charge in [-0.2, -0.15) is 17.5 Å². The predicted octanol–water partition coefficient (Wildman–Crippen LogP) is 2.22. The average molecular weight is 449 g/mol. The number of ether oxygens (including phenoxy) is 1. The van der Waals surface area contributed by atoms with Gasteiger partial charge >= 0.3 is 6.18 Å². The quantitative estimate of drug-likeness (QED) is 0.731. The lowest BCUT2D eigenvalue weighted by Crippen LogP contribution is -2.43. The Hall–Kier alpha value is -2.02. The van der Waals surface area contributed by atoms with Gasteiger partial charge < -0.3 is 10.1 Å². The fourth-order valence-electron chi connectivity index (χ4n) is 2.68. The lowest BCUT2D eigenvalue weighted by molar-refractivity contribution is -0.137. The van der Waals surface area contributed by atoms with Crippen molar-refractivity contribution in [2.45, 2.75) is 6.18 Å². The van der Waals surface area contributed by atoms with Crippen LogP contribution in [0, 0.1) is 0 Å². The van der Waals surface area contributed by atoms with Crippen LogP contribution in [0.15, 0.2) is 29.6 Å². The van der Waals surface area contributed by atoms with Crippen molar-refractivity contribution in [3.63, 3.8) is 0 Å². The molecule has 7 nitrogen and oxygen atoms in total. The summed E-state index contributed by atoms with van der Waals surface area (Å²) in [5, 5.41) is 4.17. The minimum absolute atomic E-state index is 0.0196. The summed E-state index contributed by atoms with van der Waals surface area (Å²) in [6, 6.07) is 4.68. The molecule has 12 heteroatoms. The number of morpholine rings is 1. The van der Waals surface area contributed by atoms with Crippen LogP contribution in [-0.2, 0) is 20.9 Å². The van der Waals surface area contributed by atoms with E-state index < -0.39 is 27.7 Å². The minimum Gasteiger partial charge on any atom is -0.379 e. The first-order chi connectivity index (χ1) is 13.7. The predicted molar refractivity (Wildman–Crippen MR) is 101 cm³/mol. The highest BCUT2D eigenvalue weighted by atomic mass is 32.2. The summed E-state index contributed by atoms with van der Waals surface area (Å²) >= 11 is 1.03. The molecule has 0 saturated carbocycles. The third-order valence-corrected chi connectivity index (χ3v) is 6.95. The van der Waals surface area contributed by atoms with E-state index in [1.54, 1.807) is 0 Å². The Labute approximate surface area is 169 Å².